The van der Waals surface area contributed by atoms with Crippen LogP contribution in [0.25, 0.3) is 0 Å². The van der Waals surface area contributed by atoms with Crippen molar-refractivity contribution >= 4 is 27.9 Å². The summed E-state index contributed by atoms with van der Waals surface area (Å²) in [4.78, 5) is 35.3. The fourth-order valence-corrected chi connectivity index (χ4v) is 3.81. The molecule has 1 heterocycles. The lowest BCUT2D eigenvalue weighted by atomic mass is 10.2. The quantitative estimate of drug-likeness (QED) is 0.632. The van der Waals surface area contributed by atoms with Gasteiger partial charge >= 0.3 is 12.0 Å². The number of hydrogen-bond acceptors (Lipinski definition) is 7. The fraction of sp³-hybridized carbons (Fsp3) is 0.471. The van der Waals surface area contributed by atoms with Crippen molar-refractivity contribution in [3.63, 3.8) is 0 Å². The van der Waals surface area contributed by atoms with E-state index in [0.29, 0.717) is 19.8 Å². The smallest absolute Gasteiger partial charge is 0.338 e. The molecule has 10 nitrogen and oxygen atoms in total. The van der Waals surface area contributed by atoms with Gasteiger partial charge in [0.2, 0.25) is 10.0 Å². The summed E-state index contributed by atoms with van der Waals surface area (Å²) in [6.07, 6.45) is -1.20. The Morgan fingerprint density at radius 1 is 1.18 bits per heavy atom. The van der Waals surface area contributed by atoms with E-state index in [4.69, 9.17) is 9.47 Å². The third-order valence-corrected chi connectivity index (χ3v) is 5.84. The van der Waals surface area contributed by atoms with Gasteiger partial charge in [0.05, 0.1) is 23.7 Å². The predicted molar refractivity (Wildman–Crippen MR) is 98.1 cm³/mol. The molecule has 0 bridgehead atoms. The zero-order valence-corrected chi connectivity index (χ0v) is 16.5. The van der Waals surface area contributed by atoms with Crippen LogP contribution in [0.3, 0.4) is 0 Å². The van der Waals surface area contributed by atoms with Crippen molar-refractivity contribution in [1.29, 1.82) is 0 Å². The molecule has 0 unspecified atom stereocenters. The van der Waals surface area contributed by atoms with Gasteiger partial charge in [-0.15, -0.1) is 0 Å². The summed E-state index contributed by atoms with van der Waals surface area (Å²) in [6, 6.07) is 4.54. The first-order chi connectivity index (χ1) is 13.3. The molecule has 2 rings (SSSR count). The predicted octanol–water partition coefficient (Wildman–Crippen LogP) is 0.0985. The summed E-state index contributed by atoms with van der Waals surface area (Å²) in [6.45, 7) is 4.56. The molecule has 28 heavy (non-hydrogen) atoms. The number of imide groups is 1. The van der Waals surface area contributed by atoms with E-state index < -0.39 is 34.0 Å². The second kappa shape index (κ2) is 9.62. The standard InChI is InChI=1S/C17H23N3O7S/c1-3-18-17(23)19-15(21)12(2)27-16(22)13-4-6-14(7-5-13)28(24,25)20-8-10-26-11-9-20/h4-7,12H,3,8-11H2,1-2H3,(H2,18,19,21,23)/t12-/m1/s1. The normalized spacial score (nSPS) is 16.1. The molecule has 1 aliphatic heterocycles. The van der Waals surface area contributed by atoms with Crippen LogP contribution in [-0.4, -0.2) is 69.6 Å². The Labute approximate surface area is 163 Å². The van der Waals surface area contributed by atoms with Gasteiger partial charge in [-0.1, -0.05) is 0 Å². The molecule has 11 heteroatoms. The summed E-state index contributed by atoms with van der Waals surface area (Å²) in [7, 11) is -3.67. The number of ether oxygens (including phenoxy) is 2. The van der Waals surface area contributed by atoms with Crippen molar-refractivity contribution in [3.8, 4) is 0 Å². The van der Waals surface area contributed by atoms with Gasteiger partial charge in [-0.3, -0.25) is 10.1 Å². The lowest BCUT2D eigenvalue weighted by Crippen LogP contribution is -2.44. The molecule has 1 aromatic rings. The average Bonchev–Trinajstić information content (AvgIpc) is 2.68. The van der Waals surface area contributed by atoms with Crippen LogP contribution in [0.5, 0.6) is 0 Å². The van der Waals surface area contributed by atoms with E-state index in [9.17, 15) is 22.8 Å². The summed E-state index contributed by atoms with van der Waals surface area (Å²) in [5, 5.41) is 4.43. The van der Waals surface area contributed by atoms with Crippen LogP contribution < -0.4 is 10.6 Å². The minimum absolute atomic E-state index is 0.0491. The highest BCUT2D eigenvalue weighted by Gasteiger charge is 2.27. The maximum atomic E-state index is 12.6. The van der Waals surface area contributed by atoms with Crippen molar-refractivity contribution in [3.05, 3.63) is 29.8 Å². The van der Waals surface area contributed by atoms with E-state index >= 15 is 0 Å². The van der Waals surface area contributed by atoms with Gasteiger partial charge in [-0.25, -0.2) is 18.0 Å². The van der Waals surface area contributed by atoms with Crippen LogP contribution in [0.15, 0.2) is 29.2 Å². The van der Waals surface area contributed by atoms with Crippen molar-refractivity contribution in [1.82, 2.24) is 14.9 Å². The number of nitrogens with one attached hydrogen (secondary N) is 2. The highest BCUT2D eigenvalue weighted by atomic mass is 32.2. The molecule has 0 saturated carbocycles. The summed E-state index contributed by atoms with van der Waals surface area (Å²) in [5.41, 5.74) is 0.0820. The number of amides is 3. The van der Waals surface area contributed by atoms with E-state index in [2.05, 4.69) is 5.32 Å². The first kappa shape index (κ1) is 21.8. The van der Waals surface area contributed by atoms with Gasteiger partial charge in [-0.2, -0.15) is 4.31 Å². The van der Waals surface area contributed by atoms with Crippen LogP contribution in [0.1, 0.15) is 24.2 Å². The van der Waals surface area contributed by atoms with E-state index in [1.54, 1.807) is 6.92 Å². The van der Waals surface area contributed by atoms with Gasteiger partial charge in [0.1, 0.15) is 0 Å². The summed E-state index contributed by atoms with van der Waals surface area (Å²) in [5.74, 6) is -1.58. The molecule has 0 radical (unpaired) electrons. The van der Waals surface area contributed by atoms with Gasteiger partial charge in [0.25, 0.3) is 5.91 Å². The fourth-order valence-electron chi connectivity index (χ4n) is 2.40. The molecular formula is C17H23N3O7S. The average molecular weight is 413 g/mol. The van der Waals surface area contributed by atoms with Gasteiger partial charge in [-0.05, 0) is 38.1 Å². The molecule has 3 amide bonds. The lowest BCUT2D eigenvalue weighted by molar-refractivity contribution is -0.127. The Hall–Kier alpha value is -2.50. The third kappa shape index (κ3) is 5.50. The molecule has 0 spiro atoms. The molecule has 0 aromatic heterocycles. The number of morpholine rings is 1. The van der Waals surface area contributed by atoms with E-state index in [0.717, 1.165) is 0 Å². The van der Waals surface area contributed by atoms with Gasteiger partial charge < -0.3 is 14.8 Å². The van der Waals surface area contributed by atoms with Gasteiger partial charge in [0.15, 0.2) is 6.10 Å². The lowest BCUT2D eigenvalue weighted by Gasteiger charge is -2.26. The van der Waals surface area contributed by atoms with Crippen molar-refractivity contribution in [2.75, 3.05) is 32.8 Å². The highest BCUT2D eigenvalue weighted by molar-refractivity contribution is 7.89. The van der Waals surface area contributed by atoms with Gasteiger partial charge in [0, 0.05) is 19.6 Å². The second-order valence-corrected chi connectivity index (χ2v) is 7.88. The number of rotatable bonds is 6. The molecule has 2 N–H and O–H groups in total. The Morgan fingerprint density at radius 2 is 1.79 bits per heavy atom. The van der Waals surface area contributed by atoms with Crippen molar-refractivity contribution in [2.24, 2.45) is 0 Å². The highest BCUT2D eigenvalue weighted by Crippen LogP contribution is 2.18. The molecule has 1 aliphatic rings. The largest absolute Gasteiger partial charge is 0.449 e. The molecule has 1 fully saturated rings. The monoisotopic (exact) mass is 413 g/mol. The Bertz CT molecular complexity index is 818. The number of benzene rings is 1. The summed E-state index contributed by atoms with van der Waals surface area (Å²) < 4.78 is 36.6. The second-order valence-electron chi connectivity index (χ2n) is 5.94. The molecule has 1 saturated heterocycles. The van der Waals surface area contributed by atoms with Crippen LogP contribution in [0.4, 0.5) is 4.79 Å². The Balaban J connectivity index is 1.99. The first-order valence-electron chi connectivity index (χ1n) is 8.73. The van der Waals surface area contributed by atoms with Crippen molar-refractivity contribution < 1.29 is 32.3 Å². The SMILES string of the molecule is CCNC(=O)NC(=O)[C@@H](C)OC(=O)c1ccc(S(=O)(=O)N2CCOCC2)cc1. The molecule has 1 aromatic carbocycles. The van der Waals surface area contributed by atoms with E-state index in [-0.39, 0.29) is 23.5 Å². The maximum absolute atomic E-state index is 12.6. The minimum Gasteiger partial charge on any atom is -0.449 e. The van der Waals surface area contributed by atoms with Crippen LogP contribution in [-0.2, 0) is 24.3 Å². The van der Waals surface area contributed by atoms with E-state index in [1.165, 1.54) is 35.5 Å². The molecule has 154 valence electrons. The van der Waals surface area contributed by atoms with Crippen molar-refractivity contribution in [2.45, 2.75) is 24.8 Å². The number of carbonyl (C=O) groups excluding carboxylic acids is 3. The zero-order chi connectivity index (χ0) is 20.7. The number of esters is 1. The van der Waals surface area contributed by atoms with Crippen LogP contribution in [0.2, 0.25) is 0 Å². The van der Waals surface area contributed by atoms with Crippen LogP contribution >= 0.6 is 0 Å². The number of hydrogen-bond donors (Lipinski definition) is 2. The number of carbonyl (C=O) groups is 3. The maximum Gasteiger partial charge on any atom is 0.338 e. The molecule has 1 atom stereocenters. The number of sulfonamides is 1. The Kier molecular flexibility index (Phi) is 7.49. The molecule has 0 aliphatic carbocycles. The molecular weight excluding hydrogens is 390 g/mol. The van der Waals surface area contributed by atoms with E-state index in [1.807, 2.05) is 5.32 Å². The van der Waals surface area contributed by atoms with Crippen LogP contribution in [0, 0.1) is 0 Å². The third-order valence-electron chi connectivity index (χ3n) is 3.92. The zero-order valence-electron chi connectivity index (χ0n) is 15.6. The topological polar surface area (TPSA) is 131 Å². The number of nitrogens with zero attached hydrogens (tertiary/aromatic N) is 1. The number of urea groups is 1. The first-order valence-corrected chi connectivity index (χ1v) is 10.2. The summed E-state index contributed by atoms with van der Waals surface area (Å²) >= 11 is 0. The Morgan fingerprint density at radius 3 is 2.36 bits per heavy atom. The minimum atomic E-state index is -3.67.